The van der Waals surface area contributed by atoms with E-state index in [1.54, 1.807) is 23.3 Å². The van der Waals surface area contributed by atoms with Crippen LogP contribution >= 0.6 is 0 Å². The van der Waals surface area contributed by atoms with Gasteiger partial charge in [-0.25, -0.2) is 15.0 Å². The predicted molar refractivity (Wildman–Crippen MR) is 114 cm³/mol. The summed E-state index contributed by atoms with van der Waals surface area (Å²) in [6.45, 7) is 8.42. The van der Waals surface area contributed by atoms with Gasteiger partial charge in [-0.05, 0) is 51.3 Å². The maximum Gasteiger partial charge on any atom is 0.243 e. The Balaban J connectivity index is 1.76. The van der Waals surface area contributed by atoms with E-state index in [2.05, 4.69) is 41.0 Å². The van der Waals surface area contributed by atoms with Gasteiger partial charge >= 0.3 is 0 Å². The van der Waals surface area contributed by atoms with Gasteiger partial charge in [-0.2, -0.15) is 0 Å². The van der Waals surface area contributed by atoms with Crippen LogP contribution in [0.25, 0.3) is 5.95 Å². The second kappa shape index (κ2) is 10.5. The molecule has 0 aromatic carbocycles. The van der Waals surface area contributed by atoms with Gasteiger partial charge in [0.1, 0.15) is 12.4 Å². The van der Waals surface area contributed by atoms with Crippen molar-refractivity contribution in [2.24, 2.45) is 5.92 Å². The van der Waals surface area contributed by atoms with Crippen molar-refractivity contribution in [2.45, 2.75) is 71.4 Å². The van der Waals surface area contributed by atoms with Crippen LogP contribution in [-0.4, -0.2) is 49.5 Å². The summed E-state index contributed by atoms with van der Waals surface area (Å²) in [6, 6.07) is 1.64. The van der Waals surface area contributed by atoms with Crippen LogP contribution in [0.5, 0.6) is 0 Å². The molecule has 2 unspecified atom stereocenters. The zero-order valence-corrected chi connectivity index (χ0v) is 17.9. The standard InChI is InChI=1S/C22H34N6O/c1-17(2)8-7-9-18(3)25-21(29)20(27-13-5-4-6-14-27)19-10-11-24-22(26-19)28-15-12-23-16-28/h10-12,15-18,20H,4-9,13-14H2,1-3H3,(H,25,29). The van der Waals surface area contributed by atoms with Crippen LogP contribution in [0.4, 0.5) is 0 Å². The van der Waals surface area contributed by atoms with Crippen LogP contribution in [0.3, 0.4) is 0 Å². The first-order valence-corrected chi connectivity index (χ1v) is 10.9. The lowest BCUT2D eigenvalue weighted by molar-refractivity contribution is -0.128. The summed E-state index contributed by atoms with van der Waals surface area (Å²) in [5.41, 5.74) is 0.748. The lowest BCUT2D eigenvalue weighted by Gasteiger charge is -2.34. The highest BCUT2D eigenvalue weighted by Gasteiger charge is 2.31. The molecule has 1 N–H and O–H groups in total. The fourth-order valence-corrected chi connectivity index (χ4v) is 3.91. The Kier molecular flexibility index (Phi) is 7.75. The van der Waals surface area contributed by atoms with Crippen LogP contribution < -0.4 is 5.32 Å². The molecule has 0 aliphatic carbocycles. The zero-order valence-electron chi connectivity index (χ0n) is 17.9. The minimum atomic E-state index is -0.381. The van der Waals surface area contributed by atoms with Gasteiger partial charge in [0.2, 0.25) is 11.9 Å². The van der Waals surface area contributed by atoms with E-state index in [9.17, 15) is 4.79 Å². The van der Waals surface area contributed by atoms with Crippen LogP contribution in [-0.2, 0) is 4.79 Å². The second-order valence-corrected chi connectivity index (χ2v) is 8.49. The molecular weight excluding hydrogens is 364 g/mol. The molecule has 1 fully saturated rings. The van der Waals surface area contributed by atoms with Crippen molar-refractivity contribution in [3.05, 3.63) is 36.7 Å². The summed E-state index contributed by atoms with van der Waals surface area (Å²) in [5.74, 6) is 1.28. The van der Waals surface area contributed by atoms with Gasteiger partial charge in [0.15, 0.2) is 0 Å². The molecule has 158 valence electrons. The van der Waals surface area contributed by atoms with Gasteiger partial charge in [0.05, 0.1) is 5.69 Å². The molecule has 1 aliphatic rings. The number of piperidine rings is 1. The van der Waals surface area contributed by atoms with E-state index in [1.165, 1.54) is 12.8 Å². The highest BCUT2D eigenvalue weighted by atomic mass is 16.2. The third-order valence-electron chi connectivity index (χ3n) is 5.49. The highest BCUT2D eigenvalue weighted by Crippen LogP contribution is 2.24. The number of carbonyl (C=O) groups excluding carboxylic acids is 1. The number of imidazole rings is 1. The molecule has 0 spiro atoms. The molecule has 0 radical (unpaired) electrons. The van der Waals surface area contributed by atoms with Crippen molar-refractivity contribution in [3.63, 3.8) is 0 Å². The summed E-state index contributed by atoms with van der Waals surface area (Å²) in [7, 11) is 0. The largest absolute Gasteiger partial charge is 0.352 e. The van der Waals surface area contributed by atoms with E-state index in [0.717, 1.165) is 44.5 Å². The van der Waals surface area contributed by atoms with E-state index >= 15 is 0 Å². The van der Waals surface area contributed by atoms with Crippen molar-refractivity contribution in [1.29, 1.82) is 0 Å². The summed E-state index contributed by atoms with van der Waals surface area (Å²) in [6.07, 6.45) is 13.7. The van der Waals surface area contributed by atoms with Crippen LogP contribution in [0.1, 0.15) is 71.0 Å². The fraction of sp³-hybridized carbons (Fsp3) is 0.636. The Morgan fingerprint density at radius 2 is 1.93 bits per heavy atom. The van der Waals surface area contributed by atoms with Gasteiger partial charge in [0.25, 0.3) is 0 Å². The summed E-state index contributed by atoms with van der Waals surface area (Å²) in [4.78, 5) is 28.7. The van der Waals surface area contributed by atoms with Crippen LogP contribution in [0.2, 0.25) is 0 Å². The van der Waals surface area contributed by atoms with Crippen molar-refractivity contribution in [3.8, 4) is 5.95 Å². The lowest BCUT2D eigenvalue weighted by Crippen LogP contribution is -2.45. The Hall–Kier alpha value is -2.28. The molecule has 3 heterocycles. The minimum absolute atomic E-state index is 0.0410. The molecular formula is C22H34N6O. The Morgan fingerprint density at radius 3 is 2.62 bits per heavy atom. The molecule has 2 atom stereocenters. The normalized spacial score (nSPS) is 17.2. The number of hydrogen-bond acceptors (Lipinski definition) is 5. The molecule has 2 aromatic rings. The molecule has 1 aliphatic heterocycles. The summed E-state index contributed by atoms with van der Waals surface area (Å²) < 4.78 is 1.77. The molecule has 0 saturated carbocycles. The predicted octanol–water partition coefficient (Wildman–Crippen LogP) is 3.52. The number of nitrogens with zero attached hydrogens (tertiary/aromatic N) is 5. The van der Waals surface area contributed by atoms with Gasteiger partial charge in [-0.15, -0.1) is 0 Å². The second-order valence-electron chi connectivity index (χ2n) is 8.49. The Labute approximate surface area is 174 Å². The smallest absolute Gasteiger partial charge is 0.243 e. The molecule has 3 rings (SSSR count). The minimum Gasteiger partial charge on any atom is -0.352 e. The van der Waals surface area contributed by atoms with E-state index in [4.69, 9.17) is 4.98 Å². The third kappa shape index (κ3) is 6.10. The average Bonchev–Trinajstić information content (AvgIpc) is 3.24. The SMILES string of the molecule is CC(C)CCCC(C)NC(=O)C(c1ccnc(-n2ccnc2)n1)N1CCCCC1. The van der Waals surface area contributed by atoms with E-state index in [-0.39, 0.29) is 18.0 Å². The van der Waals surface area contributed by atoms with Gasteiger partial charge < -0.3 is 5.32 Å². The Morgan fingerprint density at radius 1 is 1.14 bits per heavy atom. The van der Waals surface area contributed by atoms with Crippen molar-refractivity contribution >= 4 is 5.91 Å². The van der Waals surface area contributed by atoms with Crippen molar-refractivity contribution in [2.75, 3.05) is 13.1 Å². The topological polar surface area (TPSA) is 75.9 Å². The third-order valence-corrected chi connectivity index (χ3v) is 5.49. The number of carbonyl (C=O) groups is 1. The van der Waals surface area contributed by atoms with Crippen LogP contribution in [0, 0.1) is 5.92 Å². The zero-order chi connectivity index (χ0) is 20.6. The Bertz CT molecular complexity index is 754. The van der Waals surface area contributed by atoms with Crippen molar-refractivity contribution in [1.82, 2.24) is 29.7 Å². The quantitative estimate of drug-likeness (QED) is 0.699. The molecule has 1 amide bonds. The number of nitrogens with one attached hydrogen (secondary N) is 1. The van der Waals surface area contributed by atoms with Gasteiger partial charge in [0, 0.05) is 24.6 Å². The number of hydrogen-bond donors (Lipinski definition) is 1. The number of likely N-dealkylation sites (tertiary alicyclic amines) is 1. The van der Waals surface area contributed by atoms with Crippen molar-refractivity contribution < 1.29 is 4.79 Å². The van der Waals surface area contributed by atoms with E-state index in [1.807, 2.05) is 12.3 Å². The molecule has 29 heavy (non-hydrogen) atoms. The maximum absolute atomic E-state index is 13.3. The van der Waals surface area contributed by atoms with Gasteiger partial charge in [-0.1, -0.05) is 33.1 Å². The fourth-order valence-electron chi connectivity index (χ4n) is 3.91. The summed E-state index contributed by atoms with van der Waals surface area (Å²) in [5, 5.41) is 3.24. The maximum atomic E-state index is 13.3. The molecule has 2 aromatic heterocycles. The number of aromatic nitrogens is 4. The highest BCUT2D eigenvalue weighted by molar-refractivity contribution is 5.83. The summed E-state index contributed by atoms with van der Waals surface area (Å²) >= 11 is 0. The monoisotopic (exact) mass is 398 g/mol. The first kappa shape index (κ1) is 21.4. The first-order valence-electron chi connectivity index (χ1n) is 10.9. The van der Waals surface area contributed by atoms with Crippen LogP contribution in [0.15, 0.2) is 31.0 Å². The lowest BCUT2D eigenvalue weighted by atomic mass is 10.0. The van der Waals surface area contributed by atoms with Gasteiger partial charge in [-0.3, -0.25) is 14.3 Å². The van der Waals surface area contributed by atoms with E-state index in [0.29, 0.717) is 11.9 Å². The molecule has 7 nitrogen and oxygen atoms in total. The number of rotatable bonds is 9. The average molecular weight is 399 g/mol. The molecule has 0 bridgehead atoms. The first-order chi connectivity index (χ1) is 14.0. The molecule has 1 saturated heterocycles. The molecule has 7 heteroatoms. The number of amides is 1. The van der Waals surface area contributed by atoms with E-state index < -0.39 is 0 Å².